The van der Waals surface area contributed by atoms with Crippen molar-refractivity contribution in [2.75, 3.05) is 10.2 Å². The van der Waals surface area contributed by atoms with Crippen molar-refractivity contribution in [1.82, 2.24) is 4.98 Å². The molecule has 138 valence electrons. The summed E-state index contributed by atoms with van der Waals surface area (Å²) in [5.41, 5.74) is 5.30. The number of aromatic amines is 1. The van der Waals surface area contributed by atoms with Gasteiger partial charge in [-0.1, -0.05) is 17.7 Å². The highest BCUT2D eigenvalue weighted by atomic mass is 35.5. The van der Waals surface area contributed by atoms with Crippen LogP contribution in [0, 0.1) is 0 Å². The molecule has 1 aliphatic rings. The maximum Gasteiger partial charge on any atom is 0.224 e. The quantitative estimate of drug-likeness (QED) is 0.619. The van der Waals surface area contributed by atoms with Crippen molar-refractivity contribution >= 4 is 28.9 Å². The number of carbonyl (C=O) groups excluding carboxylic acids is 1. The summed E-state index contributed by atoms with van der Waals surface area (Å²) in [6, 6.07) is 18.3. The van der Waals surface area contributed by atoms with Gasteiger partial charge in [-0.25, -0.2) is 0 Å². The Kier molecular flexibility index (Phi) is 4.66. The Bertz CT molecular complexity index is 950. The van der Waals surface area contributed by atoms with Crippen LogP contribution in [-0.2, 0) is 4.79 Å². The average molecular weight is 380 g/mol. The van der Waals surface area contributed by atoms with Crippen LogP contribution in [0.5, 0.6) is 0 Å². The molecular weight excluding hydrogens is 358 g/mol. The summed E-state index contributed by atoms with van der Waals surface area (Å²) in [7, 11) is 0. The molecule has 5 heteroatoms. The number of anilines is 2. The van der Waals surface area contributed by atoms with Crippen LogP contribution in [0.1, 0.15) is 31.9 Å². The Labute approximate surface area is 164 Å². The van der Waals surface area contributed by atoms with Crippen LogP contribution in [0.2, 0.25) is 5.02 Å². The van der Waals surface area contributed by atoms with Crippen LogP contribution in [0.4, 0.5) is 11.4 Å². The molecule has 0 spiro atoms. The Balaban J connectivity index is 1.76. The van der Waals surface area contributed by atoms with E-state index in [9.17, 15) is 4.79 Å². The van der Waals surface area contributed by atoms with E-state index in [2.05, 4.69) is 41.5 Å². The molecule has 1 amide bonds. The normalized spacial score (nSPS) is 18.9. The van der Waals surface area contributed by atoms with E-state index in [-0.39, 0.29) is 18.0 Å². The third-order valence-electron chi connectivity index (χ3n) is 5.11. The van der Waals surface area contributed by atoms with Gasteiger partial charge in [-0.05, 0) is 73.0 Å². The average Bonchev–Trinajstić information content (AvgIpc) is 3.18. The van der Waals surface area contributed by atoms with Crippen LogP contribution < -0.4 is 10.2 Å². The van der Waals surface area contributed by atoms with Gasteiger partial charge in [0.15, 0.2) is 0 Å². The molecule has 0 bridgehead atoms. The summed E-state index contributed by atoms with van der Waals surface area (Å²) < 4.78 is 0. The van der Waals surface area contributed by atoms with Gasteiger partial charge >= 0.3 is 0 Å². The molecule has 1 aromatic heterocycles. The Morgan fingerprint density at radius 2 is 1.96 bits per heavy atom. The standard InChI is InChI=1S/C22H22ClN3O/c1-14-12-21(25-18-8-6-17(23)7-9-18)19-13-16(20-4-3-11-24-20)5-10-22(19)26(14)15(2)27/h3-11,13-14,21,24-25H,12H2,1-2H3. The number of hydrogen-bond acceptors (Lipinski definition) is 2. The number of halogens is 1. The fraction of sp³-hybridized carbons (Fsp3) is 0.227. The van der Waals surface area contributed by atoms with Crippen LogP contribution in [-0.4, -0.2) is 16.9 Å². The fourth-order valence-corrected chi connectivity index (χ4v) is 4.03. The van der Waals surface area contributed by atoms with Crippen molar-refractivity contribution in [3.63, 3.8) is 0 Å². The summed E-state index contributed by atoms with van der Waals surface area (Å²) in [6.45, 7) is 3.73. The lowest BCUT2D eigenvalue weighted by Crippen LogP contribution is -2.43. The molecule has 0 saturated heterocycles. The smallest absolute Gasteiger partial charge is 0.224 e. The number of benzene rings is 2. The summed E-state index contributed by atoms with van der Waals surface area (Å²) in [4.78, 5) is 17.4. The van der Waals surface area contributed by atoms with Crippen molar-refractivity contribution in [3.05, 3.63) is 71.4 Å². The van der Waals surface area contributed by atoms with Crippen LogP contribution in [0.15, 0.2) is 60.8 Å². The second-order valence-electron chi connectivity index (χ2n) is 7.03. The molecule has 0 fully saturated rings. The van der Waals surface area contributed by atoms with E-state index in [1.165, 1.54) is 0 Å². The monoisotopic (exact) mass is 379 g/mol. The van der Waals surface area contributed by atoms with E-state index in [0.717, 1.165) is 39.6 Å². The summed E-state index contributed by atoms with van der Waals surface area (Å²) >= 11 is 6.02. The van der Waals surface area contributed by atoms with Crippen LogP contribution in [0.25, 0.3) is 11.3 Å². The summed E-state index contributed by atoms with van der Waals surface area (Å²) in [6.07, 6.45) is 2.76. The first kappa shape index (κ1) is 17.7. The molecule has 2 N–H and O–H groups in total. The van der Waals surface area contributed by atoms with Crippen molar-refractivity contribution < 1.29 is 4.79 Å². The minimum Gasteiger partial charge on any atom is -0.378 e. The molecule has 2 heterocycles. The largest absolute Gasteiger partial charge is 0.378 e. The zero-order chi connectivity index (χ0) is 19.0. The topological polar surface area (TPSA) is 48.1 Å². The first-order valence-corrected chi connectivity index (χ1v) is 9.50. The van der Waals surface area contributed by atoms with Crippen molar-refractivity contribution in [2.45, 2.75) is 32.4 Å². The number of nitrogens with zero attached hydrogens (tertiary/aromatic N) is 1. The van der Waals surface area contributed by atoms with E-state index < -0.39 is 0 Å². The lowest BCUT2D eigenvalue weighted by Gasteiger charge is -2.39. The molecule has 1 aliphatic heterocycles. The molecule has 3 aromatic rings. The second kappa shape index (κ2) is 7.12. The van der Waals surface area contributed by atoms with E-state index in [1.807, 2.05) is 41.4 Å². The third-order valence-corrected chi connectivity index (χ3v) is 5.37. The second-order valence-corrected chi connectivity index (χ2v) is 7.47. The molecule has 2 aromatic carbocycles. The lowest BCUT2D eigenvalue weighted by atomic mass is 9.89. The first-order chi connectivity index (χ1) is 13.0. The minimum absolute atomic E-state index is 0.0707. The number of aromatic nitrogens is 1. The van der Waals surface area contributed by atoms with Crippen molar-refractivity contribution in [1.29, 1.82) is 0 Å². The van der Waals surface area contributed by atoms with Gasteiger partial charge in [0.05, 0.1) is 6.04 Å². The van der Waals surface area contributed by atoms with E-state index in [1.54, 1.807) is 6.92 Å². The van der Waals surface area contributed by atoms with Gasteiger partial charge in [-0.3, -0.25) is 4.79 Å². The Morgan fingerprint density at radius 3 is 2.63 bits per heavy atom. The highest BCUT2D eigenvalue weighted by Crippen LogP contribution is 2.41. The molecular formula is C22H22ClN3O. The van der Waals surface area contributed by atoms with Gasteiger partial charge in [0.2, 0.25) is 5.91 Å². The summed E-state index contributed by atoms with van der Waals surface area (Å²) in [5.74, 6) is 0.0707. The zero-order valence-electron chi connectivity index (χ0n) is 15.4. The summed E-state index contributed by atoms with van der Waals surface area (Å²) in [5, 5.41) is 4.34. The Hall–Kier alpha value is -2.72. The van der Waals surface area contributed by atoms with Gasteiger partial charge in [0.1, 0.15) is 0 Å². The molecule has 2 atom stereocenters. The number of rotatable bonds is 3. The first-order valence-electron chi connectivity index (χ1n) is 9.12. The SMILES string of the molecule is CC(=O)N1c2ccc(-c3ccc[nH]3)cc2C(Nc2ccc(Cl)cc2)CC1C. The molecule has 0 saturated carbocycles. The molecule has 4 nitrogen and oxygen atoms in total. The predicted octanol–water partition coefficient (Wildman–Crippen LogP) is 5.63. The van der Waals surface area contributed by atoms with Crippen LogP contribution >= 0.6 is 11.6 Å². The van der Waals surface area contributed by atoms with Gasteiger partial charge in [-0.2, -0.15) is 0 Å². The van der Waals surface area contributed by atoms with Gasteiger partial charge < -0.3 is 15.2 Å². The Morgan fingerprint density at radius 1 is 1.19 bits per heavy atom. The number of amides is 1. The maximum absolute atomic E-state index is 12.3. The van der Waals surface area contributed by atoms with Gasteiger partial charge in [-0.15, -0.1) is 0 Å². The fourth-order valence-electron chi connectivity index (χ4n) is 3.91. The number of carbonyl (C=O) groups is 1. The molecule has 0 aliphatic carbocycles. The van der Waals surface area contributed by atoms with E-state index in [0.29, 0.717) is 0 Å². The van der Waals surface area contributed by atoms with Crippen molar-refractivity contribution in [2.24, 2.45) is 0 Å². The van der Waals surface area contributed by atoms with E-state index >= 15 is 0 Å². The zero-order valence-corrected chi connectivity index (χ0v) is 16.1. The lowest BCUT2D eigenvalue weighted by molar-refractivity contribution is -0.117. The number of hydrogen-bond donors (Lipinski definition) is 2. The van der Waals surface area contributed by atoms with Gasteiger partial charge in [0.25, 0.3) is 0 Å². The minimum atomic E-state index is 0.0707. The number of H-pyrrole nitrogens is 1. The van der Waals surface area contributed by atoms with Crippen molar-refractivity contribution in [3.8, 4) is 11.3 Å². The van der Waals surface area contributed by atoms with Crippen LogP contribution in [0.3, 0.4) is 0 Å². The third kappa shape index (κ3) is 3.45. The van der Waals surface area contributed by atoms with Gasteiger partial charge in [0, 0.05) is 41.3 Å². The maximum atomic E-state index is 12.3. The number of fused-ring (bicyclic) bond motifs is 1. The highest BCUT2D eigenvalue weighted by molar-refractivity contribution is 6.30. The number of nitrogens with one attached hydrogen (secondary N) is 2. The molecule has 0 radical (unpaired) electrons. The predicted molar refractivity (Wildman–Crippen MR) is 111 cm³/mol. The highest BCUT2D eigenvalue weighted by Gasteiger charge is 2.32. The molecule has 4 rings (SSSR count). The molecule has 27 heavy (non-hydrogen) atoms. The van der Waals surface area contributed by atoms with E-state index in [4.69, 9.17) is 11.6 Å². The molecule has 2 unspecified atom stereocenters.